The van der Waals surface area contributed by atoms with Crippen LogP contribution in [0.2, 0.25) is 0 Å². The lowest BCUT2D eigenvalue weighted by atomic mass is 9.94. The number of hydrogen-bond acceptors (Lipinski definition) is 5. The highest BCUT2D eigenvalue weighted by Gasteiger charge is 2.32. The molecular formula is C16H34N4O3. The molecule has 1 rings (SSSR count). The molecule has 1 heterocycles. The van der Waals surface area contributed by atoms with Crippen molar-refractivity contribution in [3.8, 4) is 0 Å². The molecule has 0 amide bonds. The predicted octanol–water partition coefficient (Wildman–Crippen LogP) is 0.315. The number of rotatable bonds is 10. The molecule has 0 bridgehead atoms. The Morgan fingerprint density at radius 1 is 1.22 bits per heavy atom. The molecule has 1 fully saturated rings. The second-order valence-electron chi connectivity index (χ2n) is 6.00. The first-order chi connectivity index (χ1) is 11.2. The molecule has 0 aromatic rings. The Morgan fingerprint density at radius 2 is 1.96 bits per heavy atom. The molecule has 0 spiro atoms. The number of nitrogens with zero attached hydrogens (tertiary/aromatic N) is 2. The van der Waals surface area contributed by atoms with Crippen molar-refractivity contribution in [2.75, 3.05) is 74.3 Å². The molecule has 2 N–H and O–H groups in total. The molecule has 1 aliphatic heterocycles. The van der Waals surface area contributed by atoms with Crippen LogP contribution in [-0.2, 0) is 14.2 Å². The lowest BCUT2D eigenvalue weighted by molar-refractivity contribution is -0.0855. The van der Waals surface area contributed by atoms with Crippen molar-refractivity contribution in [1.29, 1.82) is 0 Å². The fourth-order valence-corrected chi connectivity index (χ4v) is 2.62. The third-order valence-corrected chi connectivity index (χ3v) is 4.31. The van der Waals surface area contributed by atoms with E-state index in [1.165, 1.54) is 0 Å². The van der Waals surface area contributed by atoms with E-state index in [4.69, 9.17) is 14.2 Å². The summed E-state index contributed by atoms with van der Waals surface area (Å²) in [4.78, 5) is 6.57. The summed E-state index contributed by atoms with van der Waals surface area (Å²) < 4.78 is 16.2. The maximum Gasteiger partial charge on any atom is 0.191 e. The number of guanidine groups is 1. The van der Waals surface area contributed by atoms with Crippen LogP contribution in [0.1, 0.15) is 19.3 Å². The van der Waals surface area contributed by atoms with Gasteiger partial charge in [0.2, 0.25) is 0 Å². The molecule has 136 valence electrons. The Bertz CT molecular complexity index is 333. The smallest absolute Gasteiger partial charge is 0.191 e. The van der Waals surface area contributed by atoms with E-state index in [0.717, 1.165) is 71.2 Å². The first-order valence-corrected chi connectivity index (χ1v) is 8.40. The zero-order valence-corrected chi connectivity index (χ0v) is 15.2. The van der Waals surface area contributed by atoms with Gasteiger partial charge in [-0.25, -0.2) is 0 Å². The summed E-state index contributed by atoms with van der Waals surface area (Å²) in [6.07, 6.45) is 2.88. The molecule has 1 aliphatic rings. The van der Waals surface area contributed by atoms with E-state index in [1.807, 2.05) is 0 Å². The van der Waals surface area contributed by atoms with Gasteiger partial charge in [0, 0.05) is 80.1 Å². The highest BCUT2D eigenvalue weighted by atomic mass is 16.5. The van der Waals surface area contributed by atoms with E-state index in [-0.39, 0.29) is 5.60 Å². The average molecular weight is 330 g/mol. The summed E-state index contributed by atoms with van der Waals surface area (Å²) in [5, 5.41) is 6.73. The average Bonchev–Trinajstić information content (AvgIpc) is 2.59. The van der Waals surface area contributed by atoms with Gasteiger partial charge in [-0.15, -0.1) is 0 Å². The summed E-state index contributed by atoms with van der Waals surface area (Å²) in [7, 11) is 7.43. The van der Waals surface area contributed by atoms with E-state index in [2.05, 4.69) is 27.6 Å². The number of aliphatic imine (C=N–C) groups is 1. The van der Waals surface area contributed by atoms with Crippen molar-refractivity contribution in [2.45, 2.75) is 24.9 Å². The fraction of sp³-hybridized carbons (Fsp3) is 0.938. The van der Waals surface area contributed by atoms with Crippen LogP contribution in [0.15, 0.2) is 4.99 Å². The SMILES string of the molecule is CN=C(NCCN(C)CCCOC)NCC1(OC)CCOCC1. The molecule has 23 heavy (non-hydrogen) atoms. The van der Waals surface area contributed by atoms with Gasteiger partial charge in [-0.3, -0.25) is 4.99 Å². The summed E-state index contributed by atoms with van der Waals surface area (Å²) in [5.41, 5.74) is -0.146. The summed E-state index contributed by atoms with van der Waals surface area (Å²) in [5.74, 6) is 0.818. The van der Waals surface area contributed by atoms with Gasteiger partial charge >= 0.3 is 0 Å². The van der Waals surface area contributed by atoms with Gasteiger partial charge in [-0.1, -0.05) is 0 Å². The van der Waals surface area contributed by atoms with Gasteiger partial charge in [-0.2, -0.15) is 0 Å². The third-order valence-electron chi connectivity index (χ3n) is 4.31. The molecule has 0 unspecified atom stereocenters. The van der Waals surface area contributed by atoms with Crippen LogP contribution < -0.4 is 10.6 Å². The maximum absolute atomic E-state index is 5.73. The minimum atomic E-state index is -0.146. The molecule has 7 heteroatoms. The maximum atomic E-state index is 5.73. The first-order valence-electron chi connectivity index (χ1n) is 8.40. The van der Waals surface area contributed by atoms with Crippen molar-refractivity contribution in [2.24, 2.45) is 4.99 Å². The Morgan fingerprint density at radius 3 is 2.57 bits per heavy atom. The molecule has 0 aliphatic carbocycles. The van der Waals surface area contributed by atoms with E-state index < -0.39 is 0 Å². The number of ether oxygens (including phenoxy) is 3. The van der Waals surface area contributed by atoms with Crippen LogP contribution in [0.4, 0.5) is 0 Å². The molecular weight excluding hydrogens is 296 g/mol. The number of hydrogen-bond donors (Lipinski definition) is 2. The molecule has 0 radical (unpaired) electrons. The summed E-state index contributed by atoms with van der Waals surface area (Å²) in [6, 6.07) is 0. The van der Waals surface area contributed by atoms with Crippen LogP contribution in [-0.4, -0.2) is 90.8 Å². The van der Waals surface area contributed by atoms with E-state index in [1.54, 1.807) is 21.3 Å². The summed E-state index contributed by atoms with van der Waals surface area (Å²) >= 11 is 0. The summed E-state index contributed by atoms with van der Waals surface area (Å²) in [6.45, 7) is 5.93. The monoisotopic (exact) mass is 330 g/mol. The Labute approximate surface area is 140 Å². The van der Waals surface area contributed by atoms with Gasteiger partial charge in [0.1, 0.15) is 0 Å². The largest absolute Gasteiger partial charge is 0.385 e. The van der Waals surface area contributed by atoms with Gasteiger partial charge in [0.15, 0.2) is 5.96 Å². The fourth-order valence-electron chi connectivity index (χ4n) is 2.62. The second kappa shape index (κ2) is 11.6. The van der Waals surface area contributed by atoms with Crippen molar-refractivity contribution in [3.63, 3.8) is 0 Å². The van der Waals surface area contributed by atoms with Gasteiger partial charge in [0.05, 0.1) is 5.60 Å². The molecule has 0 aromatic carbocycles. The van der Waals surface area contributed by atoms with Gasteiger partial charge in [0.25, 0.3) is 0 Å². The van der Waals surface area contributed by atoms with Crippen LogP contribution in [0.3, 0.4) is 0 Å². The van der Waals surface area contributed by atoms with E-state index in [9.17, 15) is 0 Å². The molecule has 0 aromatic heterocycles. The van der Waals surface area contributed by atoms with E-state index in [0.29, 0.717) is 0 Å². The van der Waals surface area contributed by atoms with Crippen molar-refractivity contribution >= 4 is 5.96 Å². The molecule has 7 nitrogen and oxygen atoms in total. The number of nitrogens with one attached hydrogen (secondary N) is 2. The second-order valence-corrected chi connectivity index (χ2v) is 6.00. The Hall–Kier alpha value is -0.890. The molecule has 0 atom stereocenters. The van der Waals surface area contributed by atoms with Gasteiger partial charge < -0.3 is 29.7 Å². The highest BCUT2D eigenvalue weighted by molar-refractivity contribution is 5.79. The quantitative estimate of drug-likeness (QED) is 0.341. The zero-order valence-electron chi connectivity index (χ0n) is 15.2. The van der Waals surface area contributed by atoms with Crippen LogP contribution >= 0.6 is 0 Å². The minimum Gasteiger partial charge on any atom is -0.385 e. The standard InChI is InChI=1S/C16H34N4O3/c1-17-15(18-8-10-20(2)9-5-11-21-3)19-14-16(22-4)6-12-23-13-7-16/h5-14H2,1-4H3,(H2,17,18,19). The number of likely N-dealkylation sites (N-methyl/N-ethyl adjacent to an activating group) is 1. The van der Waals surface area contributed by atoms with E-state index >= 15 is 0 Å². The topological polar surface area (TPSA) is 67.4 Å². The van der Waals surface area contributed by atoms with Crippen molar-refractivity contribution in [3.05, 3.63) is 0 Å². The Balaban J connectivity index is 2.23. The first kappa shape index (κ1) is 20.2. The minimum absolute atomic E-state index is 0.146. The highest BCUT2D eigenvalue weighted by Crippen LogP contribution is 2.23. The van der Waals surface area contributed by atoms with Crippen molar-refractivity contribution < 1.29 is 14.2 Å². The van der Waals surface area contributed by atoms with Crippen LogP contribution in [0.25, 0.3) is 0 Å². The third kappa shape index (κ3) is 7.97. The van der Waals surface area contributed by atoms with Crippen molar-refractivity contribution in [1.82, 2.24) is 15.5 Å². The van der Waals surface area contributed by atoms with Crippen LogP contribution in [0.5, 0.6) is 0 Å². The van der Waals surface area contributed by atoms with Crippen LogP contribution in [0, 0.1) is 0 Å². The van der Waals surface area contributed by atoms with Gasteiger partial charge in [-0.05, 0) is 13.5 Å². The normalized spacial score (nSPS) is 18.2. The molecule has 0 saturated carbocycles. The molecule has 1 saturated heterocycles. The number of methoxy groups -OCH3 is 2. The zero-order chi connectivity index (χ0) is 17.0. The Kier molecular flexibility index (Phi) is 10.2. The lowest BCUT2D eigenvalue weighted by Gasteiger charge is -2.36. The lowest BCUT2D eigenvalue weighted by Crippen LogP contribution is -2.51. The predicted molar refractivity (Wildman–Crippen MR) is 93.1 cm³/mol.